The lowest BCUT2D eigenvalue weighted by atomic mass is 9.93. The Kier molecular flexibility index (Phi) is 6.95. The molecule has 8 heteroatoms. The van der Waals surface area contributed by atoms with Crippen LogP contribution in [-0.4, -0.2) is 80.9 Å². The topological polar surface area (TPSA) is 90.7 Å². The summed E-state index contributed by atoms with van der Waals surface area (Å²) < 4.78 is 1.84. The Morgan fingerprint density at radius 3 is 2.59 bits per heavy atom. The zero-order valence-corrected chi connectivity index (χ0v) is 18.0. The molecule has 0 bridgehead atoms. The highest BCUT2D eigenvalue weighted by Crippen LogP contribution is 2.26. The average Bonchev–Trinajstić information content (AvgIpc) is 2.95. The summed E-state index contributed by atoms with van der Waals surface area (Å²) in [4.78, 5) is 28.2. The van der Waals surface area contributed by atoms with Crippen LogP contribution in [0.15, 0.2) is 6.07 Å². The first-order chi connectivity index (χ1) is 13.8. The fourth-order valence-electron chi connectivity index (χ4n) is 4.58. The van der Waals surface area contributed by atoms with E-state index in [1.54, 1.807) is 6.92 Å². The van der Waals surface area contributed by atoms with Crippen LogP contribution in [0, 0.1) is 6.92 Å². The van der Waals surface area contributed by atoms with Gasteiger partial charge in [-0.1, -0.05) is 0 Å². The molecule has 1 aromatic heterocycles. The SMILES string of the molecule is CCn1nc(C(=O)N2CCCC(O)(CN3CCC(NC(C)=O)CC3)CC2)cc1C. The highest BCUT2D eigenvalue weighted by Gasteiger charge is 2.35. The van der Waals surface area contributed by atoms with Gasteiger partial charge in [-0.05, 0) is 52.0 Å². The second-order valence-electron chi connectivity index (χ2n) is 8.61. The second kappa shape index (κ2) is 9.26. The van der Waals surface area contributed by atoms with E-state index in [1.165, 1.54) is 0 Å². The van der Waals surface area contributed by atoms with Gasteiger partial charge in [-0.2, -0.15) is 5.10 Å². The molecule has 2 aliphatic rings. The van der Waals surface area contributed by atoms with Crippen molar-refractivity contribution in [2.45, 2.75) is 71.1 Å². The molecule has 29 heavy (non-hydrogen) atoms. The van der Waals surface area contributed by atoms with Crippen molar-refractivity contribution in [3.63, 3.8) is 0 Å². The molecule has 162 valence electrons. The van der Waals surface area contributed by atoms with Crippen LogP contribution in [0.1, 0.15) is 62.1 Å². The molecule has 0 aliphatic carbocycles. The van der Waals surface area contributed by atoms with Crippen molar-refractivity contribution in [2.24, 2.45) is 0 Å². The van der Waals surface area contributed by atoms with Gasteiger partial charge in [0.1, 0.15) is 0 Å². The Hall–Kier alpha value is -1.93. The van der Waals surface area contributed by atoms with Gasteiger partial charge < -0.3 is 20.2 Å². The number of rotatable bonds is 5. The third kappa shape index (κ3) is 5.57. The molecule has 0 radical (unpaired) electrons. The van der Waals surface area contributed by atoms with Gasteiger partial charge in [0.05, 0.1) is 5.60 Å². The van der Waals surface area contributed by atoms with E-state index in [2.05, 4.69) is 15.3 Å². The minimum atomic E-state index is -0.769. The zero-order chi connectivity index (χ0) is 21.0. The number of piperidine rings is 1. The van der Waals surface area contributed by atoms with E-state index < -0.39 is 5.60 Å². The van der Waals surface area contributed by atoms with E-state index in [1.807, 2.05) is 29.5 Å². The molecule has 1 unspecified atom stereocenters. The molecular weight excluding hydrogens is 370 g/mol. The van der Waals surface area contributed by atoms with Gasteiger partial charge >= 0.3 is 0 Å². The van der Waals surface area contributed by atoms with Crippen LogP contribution in [0.5, 0.6) is 0 Å². The molecule has 0 spiro atoms. The standard InChI is InChI=1S/C21H35N5O3/c1-4-26-16(2)14-19(23-26)20(28)25-10-5-8-21(29,9-13-25)15-24-11-6-18(7-12-24)22-17(3)27/h14,18,29H,4-13,15H2,1-3H3,(H,22,27). The van der Waals surface area contributed by atoms with Gasteiger partial charge in [-0.15, -0.1) is 0 Å². The number of nitrogens with one attached hydrogen (secondary N) is 1. The van der Waals surface area contributed by atoms with E-state index in [0.717, 1.165) is 44.6 Å². The summed E-state index contributed by atoms with van der Waals surface area (Å²) in [6.07, 6.45) is 3.90. The molecule has 2 N–H and O–H groups in total. The van der Waals surface area contributed by atoms with Crippen molar-refractivity contribution in [1.29, 1.82) is 0 Å². The normalized spacial score (nSPS) is 24.3. The maximum absolute atomic E-state index is 12.9. The molecule has 2 fully saturated rings. The van der Waals surface area contributed by atoms with Gasteiger partial charge in [0.25, 0.3) is 5.91 Å². The summed E-state index contributed by atoms with van der Waals surface area (Å²) >= 11 is 0. The second-order valence-corrected chi connectivity index (χ2v) is 8.61. The summed E-state index contributed by atoms with van der Waals surface area (Å²) in [7, 11) is 0. The molecule has 2 amide bonds. The number of amides is 2. The van der Waals surface area contributed by atoms with Crippen molar-refractivity contribution in [2.75, 3.05) is 32.7 Å². The molecule has 1 atom stereocenters. The number of aromatic nitrogens is 2. The Labute approximate surface area is 173 Å². The van der Waals surface area contributed by atoms with E-state index >= 15 is 0 Å². The predicted octanol–water partition coefficient (Wildman–Crippen LogP) is 1.17. The summed E-state index contributed by atoms with van der Waals surface area (Å²) in [5, 5.41) is 18.6. The molecule has 3 rings (SSSR count). The van der Waals surface area contributed by atoms with E-state index in [4.69, 9.17) is 0 Å². The minimum Gasteiger partial charge on any atom is -0.388 e. The Balaban J connectivity index is 1.53. The van der Waals surface area contributed by atoms with E-state index in [-0.39, 0.29) is 17.9 Å². The Morgan fingerprint density at radius 1 is 1.24 bits per heavy atom. The average molecular weight is 406 g/mol. The lowest BCUT2D eigenvalue weighted by Crippen LogP contribution is -2.50. The number of carbonyl (C=O) groups is 2. The fraction of sp³-hybridized carbons (Fsp3) is 0.762. The molecular formula is C21H35N5O3. The van der Waals surface area contributed by atoms with Gasteiger partial charge in [0, 0.05) is 57.9 Å². The van der Waals surface area contributed by atoms with Crippen LogP contribution in [0.3, 0.4) is 0 Å². The van der Waals surface area contributed by atoms with Crippen LogP contribution in [0.2, 0.25) is 0 Å². The first kappa shape index (κ1) is 21.8. The lowest BCUT2D eigenvalue weighted by molar-refractivity contribution is -0.120. The van der Waals surface area contributed by atoms with Crippen molar-refractivity contribution < 1.29 is 14.7 Å². The number of hydrogen-bond donors (Lipinski definition) is 2. The Morgan fingerprint density at radius 2 is 1.97 bits per heavy atom. The molecule has 0 aromatic carbocycles. The molecule has 0 saturated carbocycles. The smallest absolute Gasteiger partial charge is 0.274 e. The largest absolute Gasteiger partial charge is 0.388 e. The third-order valence-electron chi connectivity index (χ3n) is 6.22. The maximum Gasteiger partial charge on any atom is 0.274 e. The first-order valence-corrected chi connectivity index (χ1v) is 10.9. The summed E-state index contributed by atoms with van der Waals surface area (Å²) in [6.45, 7) is 9.88. The third-order valence-corrected chi connectivity index (χ3v) is 6.22. The number of aryl methyl sites for hydroxylation is 2. The first-order valence-electron chi connectivity index (χ1n) is 10.9. The van der Waals surface area contributed by atoms with Crippen molar-refractivity contribution >= 4 is 11.8 Å². The number of hydrogen-bond acceptors (Lipinski definition) is 5. The highest BCUT2D eigenvalue weighted by atomic mass is 16.3. The number of nitrogens with zero attached hydrogens (tertiary/aromatic N) is 4. The van der Waals surface area contributed by atoms with Crippen LogP contribution >= 0.6 is 0 Å². The summed E-state index contributed by atoms with van der Waals surface area (Å²) in [6, 6.07) is 2.09. The van der Waals surface area contributed by atoms with E-state index in [9.17, 15) is 14.7 Å². The zero-order valence-electron chi connectivity index (χ0n) is 18.0. The molecule has 2 aliphatic heterocycles. The van der Waals surface area contributed by atoms with Gasteiger partial charge in [0.2, 0.25) is 5.91 Å². The van der Waals surface area contributed by atoms with Crippen molar-refractivity contribution in [3.05, 3.63) is 17.5 Å². The van der Waals surface area contributed by atoms with Crippen molar-refractivity contribution in [3.8, 4) is 0 Å². The summed E-state index contributed by atoms with van der Waals surface area (Å²) in [5.74, 6) is -0.0183. The van der Waals surface area contributed by atoms with Gasteiger partial charge in [0.15, 0.2) is 5.69 Å². The van der Waals surface area contributed by atoms with Crippen LogP contribution in [0.25, 0.3) is 0 Å². The monoisotopic (exact) mass is 405 g/mol. The quantitative estimate of drug-likeness (QED) is 0.767. The highest BCUT2D eigenvalue weighted by molar-refractivity contribution is 5.92. The molecule has 2 saturated heterocycles. The fourth-order valence-corrected chi connectivity index (χ4v) is 4.58. The lowest BCUT2D eigenvalue weighted by Gasteiger charge is -2.38. The Bertz CT molecular complexity index is 726. The molecule has 1 aromatic rings. The minimum absolute atomic E-state index is 0.0227. The summed E-state index contributed by atoms with van der Waals surface area (Å²) in [5.41, 5.74) is 0.717. The van der Waals surface area contributed by atoms with Crippen LogP contribution in [-0.2, 0) is 11.3 Å². The van der Waals surface area contributed by atoms with Crippen LogP contribution in [0.4, 0.5) is 0 Å². The number of β-amino-alcohol motifs (C(OH)–C–C–N with tert-alkyl or cyclic N) is 1. The maximum atomic E-state index is 12.9. The number of carbonyl (C=O) groups excluding carboxylic acids is 2. The molecule has 8 nitrogen and oxygen atoms in total. The van der Waals surface area contributed by atoms with E-state index in [0.29, 0.717) is 38.2 Å². The van der Waals surface area contributed by atoms with Gasteiger partial charge in [-0.3, -0.25) is 14.3 Å². The van der Waals surface area contributed by atoms with Crippen LogP contribution < -0.4 is 5.32 Å². The molecule has 3 heterocycles. The number of likely N-dealkylation sites (tertiary alicyclic amines) is 2. The predicted molar refractivity (Wildman–Crippen MR) is 111 cm³/mol. The van der Waals surface area contributed by atoms with Gasteiger partial charge in [-0.25, -0.2) is 0 Å². The number of aliphatic hydroxyl groups is 1. The van der Waals surface area contributed by atoms with Crippen molar-refractivity contribution in [1.82, 2.24) is 24.9 Å².